The molecule has 0 amide bonds. The first-order valence-corrected chi connectivity index (χ1v) is 26.6. The van der Waals surface area contributed by atoms with Gasteiger partial charge in [0.15, 0.2) is 17.5 Å². The fraction of sp³-hybridized carbons (Fsp3) is 0.0441. The van der Waals surface area contributed by atoms with Crippen LogP contribution in [-0.4, -0.2) is 24.5 Å². The summed E-state index contributed by atoms with van der Waals surface area (Å²) >= 11 is 8.36. The van der Waals surface area contributed by atoms with Crippen LogP contribution in [0.4, 0.5) is 0 Å². The Balaban J connectivity index is 0.858. The second-order valence-electron chi connectivity index (χ2n) is 20.1. The van der Waals surface area contributed by atoms with Crippen molar-refractivity contribution in [3.8, 4) is 84.5 Å². The van der Waals surface area contributed by atoms with Crippen LogP contribution in [0.25, 0.3) is 137 Å². The van der Waals surface area contributed by atoms with Crippen LogP contribution in [0.2, 0.25) is 5.02 Å². The Labute approximate surface area is 442 Å². The lowest BCUT2D eigenvalue weighted by atomic mass is 9.81. The predicted octanol–water partition coefficient (Wildman–Crippen LogP) is 18.8. The highest BCUT2D eigenvalue weighted by atomic mass is 35.5. The summed E-state index contributed by atoms with van der Waals surface area (Å²) < 4.78 is 5.02. The minimum absolute atomic E-state index is 0.151. The van der Waals surface area contributed by atoms with E-state index < -0.39 is 0 Å². The molecule has 0 saturated carbocycles. The molecule has 0 bridgehead atoms. The lowest BCUT2D eigenvalue weighted by molar-refractivity contribution is 0.666. The van der Waals surface area contributed by atoms with Crippen LogP contribution >= 0.6 is 22.9 Å². The summed E-state index contributed by atoms with van der Waals surface area (Å²) in [5, 5.41) is 6.88. The molecule has 10 aromatic carbocycles. The molecule has 15 rings (SSSR count). The molecule has 4 heterocycles. The summed E-state index contributed by atoms with van der Waals surface area (Å²) in [4.78, 5) is 19.1. The predicted molar refractivity (Wildman–Crippen MR) is 314 cm³/mol. The average molecular weight is 999 g/mol. The second kappa shape index (κ2) is 16.8. The van der Waals surface area contributed by atoms with Crippen molar-refractivity contribution in [2.24, 2.45) is 0 Å². The van der Waals surface area contributed by atoms with E-state index in [1.165, 1.54) is 75.4 Å². The number of hydrogen-bond acceptors (Lipinski definition) is 4. The van der Waals surface area contributed by atoms with Gasteiger partial charge in [-0.1, -0.05) is 195 Å². The number of benzene rings is 10. The Bertz CT molecular complexity index is 4550. The summed E-state index contributed by atoms with van der Waals surface area (Å²) in [6.45, 7) is 4.75. The first kappa shape index (κ1) is 43.6. The van der Waals surface area contributed by atoms with Crippen LogP contribution in [-0.2, 0) is 5.41 Å². The standard InChI is InChI=1S/C68H44ClN5S/c1-68(2)57-24-13-12-21-52(57)62-60(68)53-34-33-50-55-37-44(28-35-58(55)70-61(50)63(53)74(62)47-19-10-5-11-20-47)49-22-14-23-51-56-38-43(29-36-59(56)75-64(49)51)48-32-27-45(39-54(48)40-25-30-46(69)31-26-40)67-72-65(41-15-6-3-7-16-41)71-66(73-67)42-17-8-4-9-18-42/h3-39,70H,1-2H3. The molecule has 0 spiro atoms. The fourth-order valence-electron chi connectivity index (χ4n) is 11.9. The highest BCUT2D eigenvalue weighted by Gasteiger charge is 2.41. The molecule has 0 saturated heterocycles. The van der Waals surface area contributed by atoms with Crippen LogP contribution in [0, 0.1) is 0 Å². The molecular weight excluding hydrogens is 954 g/mol. The third-order valence-electron chi connectivity index (χ3n) is 15.4. The smallest absolute Gasteiger partial charge is 0.164 e. The molecule has 75 heavy (non-hydrogen) atoms. The van der Waals surface area contributed by atoms with Crippen molar-refractivity contribution in [1.82, 2.24) is 24.5 Å². The number of rotatable bonds is 7. The summed E-state index contributed by atoms with van der Waals surface area (Å²) in [5.74, 6) is 1.86. The van der Waals surface area contributed by atoms with Gasteiger partial charge >= 0.3 is 0 Å². The van der Waals surface area contributed by atoms with E-state index in [0.717, 1.165) is 55.7 Å². The topological polar surface area (TPSA) is 59.4 Å². The number of para-hydroxylation sites is 1. The van der Waals surface area contributed by atoms with E-state index >= 15 is 0 Å². The zero-order valence-corrected chi connectivity index (χ0v) is 42.5. The van der Waals surface area contributed by atoms with Crippen LogP contribution in [0.5, 0.6) is 0 Å². The molecule has 5 nitrogen and oxygen atoms in total. The quantitative estimate of drug-likeness (QED) is 0.173. The number of fused-ring (bicyclic) bond motifs is 12. The minimum Gasteiger partial charge on any atom is -0.353 e. The van der Waals surface area contributed by atoms with Gasteiger partial charge in [-0.05, 0) is 99.1 Å². The van der Waals surface area contributed by atoms with Gasteiger partial charge in [0.1, 0.15) is 0 Å². The van der Waals surface area contributed by atoms with Gasteiger partial charge in [0.25, 0.3) is 0 Å². The molecule has 4 aromatic heterocycles. The lowest BCUT2D eigenvalue weighted by Gasteiger charge is -2.21. The first-order valence-electron chi connectivity index (χ1n) is 25.4. The van der Waals surface area contributed by atoms with Crippen molar-refractivity contribution in [2.45, 2.75) is 19.3 Å². The first-order chi connectivity index (χ1) is 36.8. The van der Waals surface area contributed by atoms with Crippen molar-refractivity contribution in [1.29, 1.82) is 0 Å². The molecule has 7 heteroatoms. The number of nitrogens with one attached hydrogen (secondary N) is 1. The van der Waals surface area contributed by atoms with Crippen molar-refractivity contribution in [3.63, 3.8) is 0 Å². The fourth-order valence-corrected chi connectivity index (χ4v) is 13.3. The summed E-state index contributed by atoms with van der Waals surface area (Å²) in [6.07, 6.45) is 0. The number of nitrogens with zero attached hydrogens (tertiary/aromatic N) is 4. The largest absolute Gasteiger partial charge is 0.353 e. The maximum atomic E-state index is 6.50. The van der Waals surface area contributed by atoms with Gasteiger partial charge in [-0.15, -0.1) is 11.3 Å². The van der Waals surface area contributed by atoms with Crippen molar-refractivity contribution < 1.29 is 0 Å². The Morgan fingerprint density at radius 2 is 1.04 bits per heavy atom. The molecule has 1 aliphatic carbocycles. The van der Waals surface area contributed by atoms with Crippen LogP contribution in [0.3, 0.4) is 0 Å². The van der Waals surface area contributed by atoms with E-state index in [1.807, 2.05) is 84.1 Å². The number of thiophene rings is 1. The van der Waals surface area contributed by atoms with E-state index in [0.29, 0.717) is 22.5 Å². The van der Waals surface area contributed by atoms with E-state index in [4.69, 9.17) is 26.6 Å². The van der Waals surface area contributed by atoms with E-state index in [9.17, 15) is 0 Å². The van der Waals surface area contributed by atoms with Gasteiger partial charge in [-0.25, -0.2) is 15.0 Å². The maximum absolute atomic E-state index is 6.50. The molecule has 14 aromatic rings. The van der Waals surface area contributed by atoms with Crippen LogP contribution in [0.15, 0.2) is 224 Å². The molecule has 0 aliphatic heterocycles. The van der Waals surface area contributed by atoms with Crippen LogP contribution in [0.1, 0.15) is 25.0 Å². The van der Waals surface area contributed by atoms with Crippen molar-refractivity contribution >= 4 is 75.8 Å². The third kappa shape index (κ3) is 6.87. The number of hydrogen-bond donors (Lipinski definition) is 1. The van der Waals surface area contributed by atoms with Gasteiger partial charge in [0.2, 0.25) is 0 Å². The van der Waals surface area contributed by atoms with Crippen molar-refractivity contribution in [3.05, 3.63) is 241 Å². The molecule has 0 radical (unpaired) electrons. The second-order valence-corrected chi connectivity index (χ2v) is 21.6. The third-order valence-corrected chi connectivity index (χ3v) is 16.9. The highest BCUT2D eigenvalue weighted by Crippen LogP contribution is 2.55. The molecule has 0 fully saturated rings. The number of aromatic nitrogens is 5. The van der Waals surface area contributed by atoms with Crippen LogP contribution < -0.4 is 0 Å². The maximum Gasteiger partial charge on any atom is 0.164 e. The Kier molecular flexibility index (Phi) is 9.77. The van der Waals surface area contributed by atoms with E-state index in [2.05, 4.69) is 175 Å². The molecule has 0 unspecified atom stereocenters. The molecule has 0 atom stereocenters. The van der Waals surface area contributed by atoms with Gasteiger partial charge in [-0.2, -0.15) is 0 Å². The molecule has 1 aliphatic rings. The zero-order chi connectivity index (χ0) is 49.9. The lowest BCUT2D eigenvalue weighted by Crippen LogP contribution is -2.14. The number of H-pyrrole nitrogens is 1. The molecule has 1 N–H and O–H groups in total. The van der Waals surface area contributed by atoms with Gasteiger partial charge in [0, 0.05) is 80.2 Å². The Morgan fingerprint density at radius 3 is 1.79 bits per heavy atom. The van der Waals surface area contributed by atoms with Gasteiger partial charge in [-0.3, -0.25) is 0 Å². The summed E-state index contributed by atoms with van der Waals surface area (Å²) in [7, 11) is 0. The normalized spacial score (nSPS) is 12.8. The summed E-state index contributed by atoms with van der Waals surface area (Å²) in [5.41, 5.74) is 19.4. The molecular formula is C68H44ClN5S. The summed E-state index contributed by atoms with van der Waals surface area (Å²) in [6, 6.07) is 80.0. The minimum atomic E-state index is -0.151. The number of halogens is 1. The number of aromatic amines is 1. The average Bonchev–Trinajstić information content (AvgIpc) is 4.23. The van der Waals surface area contributed by atoms with Gasteiger partial charge < -0.3 is 9.55 Å². The monoisotopic (exact) mass is 997 g/mol. The Hall–Kier alpha value is -8.94. The van der Waals surface area contributed by atoms with Crippen molar-refractivity contribution in [2.75, 3.05) is 0 Å². The molecule has 354 valence electrons. The van der Waals surface area contributed by atoms with Gasteiger partial charge in [0.05, 0.1) is 16.7 Å². The van der Waals surface area contributed by atoms with E-state index in [1.54, 1.807) is 0 Å². The highest BCUT2D eigenvalue weighted by molar-refractivity contribution is 7.26. The Morgan fingerprint density at radius 1 is 0.440 bits per heavy atom. The van der Waals surface area contributed by atoms with E-state index in [-0.39, 0.29) is 5.41 Å². The zero-order valence-electron chi connectivity index (χ0n) is 40.9. The SMILES string of the molecule is CC1(C)c2ccccc2-c2c1c1ccc3c4cc(-c5cccc6c5sc5ccc(-c7ccc(-c8nc(-c9ccccc9)nc(-c9ccccc9)n8)cc7-c7ccc(Cl)cc7)cc56)ccc4[nH]c3c1n2-c1ccccc1.